The molecule has 65 heavy (non-hydrogen) atoms. The molecule has 2 aromatic heterocycles. The maximum Gasteiger partial charge on any atom is 0.164 e. The maximum atomic E-state index is 5.49. The second-order valence-corrected chi connectivity index (χ2v) is 16.7. The molecule has 0 spiro atoms. The fraction of sp³-hybridized carbons (Fsp3) is 0. The Balaban J connectivity index is 1.20. The summed E-state index contributed by atoms with van der Waals surface area (Å²) in [4.78, 5) is 16.1. The van der Waals surface area contributed by atoms with E-state index in [2.05, 4.69) is 217 Å². The second-order valence-electron chi connectivity index (χ2n) is 16.7. The Bertz CT molecular complexity index is 3990. The summed E-state index contributed by atoms with van der Waals surface area (Å²) in [7, 11) is 0. The summed E-state index contributed by atoms with van der Waals surface area (Å²) in [5, 5.41) is 11.8. The Labute approximate surface area is 375 Å². The maximum absolute atomic E-state index is 5.49. The third kappa shape index (κ3) is 6.11. The van der Waals surface area contributed by atoms with Gasteiger partial charge < -0.3 is 4.57 Å². The van der Waals surface area contributed by atoms with Gasteiger partial charge >= 0.3 is 0 Å². The molecule has 0 amide bonds. The highest BCUT2D eigenvalue weighted by molar-refractivity contribution is 6.21. The summed E-state index contributed by atoms with van der Waals surface area (Å²) in [6.07, 6.45) is 0. The molecule has 0 radical (unpaired) electrons. The van der Waals surface area contributed by atoms with Gasteiger partial charge in [0.15, 0.2) is 17.5 Å². The molecule has 0 bridgehead atoms. The van der Waals surface area contributed by atoms with Crippen LogP contribution >= 0.6 is 0 Å². The van der Waals surface area contributed by atoms with Crippen molar-refractivity contribution in [2.75, 3.05) is 0 Å². The van der Waals surface area contributed by atoms with Crippen molar-refractivity contribution in [3.8, 4) is 62.1 Å². The zero-order valence-electron chi connectivity index (χ0n) is 35.2. The van der Waals surface area contributed by atoms with Crippen molar-refractivity contribution >= 4 is 64.9 Å². The number of nitrogens with zero attached hydrogens (tertiary/aromatic N) is 4. The Morgan fingerprint density at radius 3 is 1.46 bits per heavy atom. The van der Waals surface area contributed by atoms with Gasteiger partial charge in [0, 0.05) is 38.4 Å². The van der Waals surface area contributed by atoms with Crippen LogP contribution in [-0.2, 0) is 0 Å². The fourth-order valence-corrected chi connectivity index (χ4v) is 9.96. The number of hydrogen-bond acceptors (Lipinski definition) is 3. The van der Waals surface area contributed by atoms with E-state index in [0.717, 1.165) is 71.7 Å². The van der Waals surface area contributed by atoms with Gasteiger partial charge in [-0.15, -0.1) is 0 Å². The molecule has 0 aliphatic heterocycles. The van der Waals surface area contributed by atoms with Gasteiger partial charge in [-0.05, 0) is 78.7 Å². The molecule has 0 saturated carbocycles. The third-order valence-electron chi connectivity index (χ3n) is 13.0. The minimum absolute atomic E-state index is 0.604. The Morgan fingerprint density at radius 1 is 0.262 bits per heavy atom. The smallest absolute Gasteiger partial charge is 0.164 e. The van der Waals surface area contributed by atoms with Gasteiger partial charge in [-0.2, -0.15) is 0 Å². The number of rotatable bonds is 6. The van der Waals surface area contributed by atoms with Crippen molar-refractivity contribution in [3.63, 3.8) is 0 Å². The Kier molecular flexibility index (Phi) is 8.50. The fourth-order valence-electron chi connectivity index (χ4n) is 9.96. The van der Waals surface area contributed by atoms with Crippen molar-refractivity contribution < 1.29 is 0 Å². The van der Waals surface area contributed by atoms with E-state index in [1.807, 2.05) is 18.2 Å². The molecule has 2 heterocycles. The minimum atomic E-state index is 0.604. The van der Waals surface area contributed by atoms with Crippen LogP contribution in [0.4, 0.5) is 0 Å². The first-order valence-corrected chi connectivity index (χ1v) is 22.1. The average Bonchev–Trinajstić information content (AvgIpc) is 3.71. The summed E-state index contributed by atoms with van der Waals surface area (Å²) in [5.41, 5.74) is 10.5. The normalized spacial score (nSPS) is 11.7. The summed E-state index contributed by atoms with van der Waals surface area (Å²) < 4.78 is 2.52. The van der Waals surface area contributed by atoms with Crippen LogP contribution in [0.5, 0.6) is 0 Å². The molecular formula is C61H38N4. The van der Waals surface area contributed by atoms with Gasteiger partial charge in [-0.1, -0.05) is 206 Å². The monoisotopic (exact) mass is 826 g/mol. The SMILES string of the molecule is c1ccc(-c2nc(-c3cc(-c4ccccc4)c(-n4c5cc6ccccc6cc5c5ccc6ccccc6c54)cc3-c3cccc4ccccc34)nc(-c3cccc4ccccc34)n2)cc1. The molecule has 0 unspecified atom stereocenters. The number of hydrogen-bond donors (Lipinski definition) is 0. The highest BCUT2D eigenvalue weighted by atomic mass is 15.0. The highest BCUT2D eigenvalue weighted by Gasteiger charge is 2.24. The van der Waals surface area contributed by atoms with Gasteiger partial charge in [-0.25, -0.2) is 15.0 Å². The van der Waals surface area contributed by atoms with E-state index < -0.39 is 0 Å². The predicted octanol–water partition coefficient (Wildman–Crippen LogP) is 15.9. The molecule has 0 fully saturated rings. The van der Waals surface area contributed by atoms with Crippen molar-refractivity contribution in [2.45, 2.75) is 0 Å². The summed E-state index contributed by atoms with van der Waals surface area (Å²) in [5.74, 6) is 1.85. The van der Waals surface area contributed by atoms with E-state index in [1.54, 1.807) is 0 Å². The summed E-state index contributed by atoms with van der Waals surface area (Å²) >= 11 is 0. The van der Waals surface area contributed by atoms with E-state index in [4.69, 9.17) is 15.0 Å². The Hall–Kier alpha value is -8.73. The largest absolute Gasteiger partial charge is 0.308 e. The molecule has 0 saturated heterocycles. The van der Waals surface area contributed by atoms with E-state index in [0.29, 0.717) is 17.5 Å². The zero-order chi connectivity index (χ0) is 42.8. The average molecular weight is 827 g/mol. The second kappa shape index (κ2) is 15.0. The quantitative estimate of drug-likeness (QED) is 0.168. The van der Waals surface area contributed by atoms with Gasteiger partial charge in [0.25, 0.3) is 0 Å². The van der Waals surface area contributed by atoms with Crippen LogP contribution in [0.2, 0.25) is 0 Å². The minimum Gasteiger partial charge on any atom is -0.308 e. The molecule has 0 atom stereocenters. The van der Waals surface area contributed by atoms with Crippen LogP contribution in [0.25, 0.3) is 127 Å². The van der Waals surface area contributed by atoms with Crippen LogP contribution in [0.3, 0.4) is 0 Å². The van der Waals surface area contributed by atoms with E-state index >= 15 is 0 Å². The predicted molar refractivity (Wildman–Crippen MR) is 271 cm³/mol. The molecular weight excluding hydrogens is 789 g/mol. The van der Waals surface area contributed by atoms with Gasteiger partial charge in [0.2, 0.25) is 0 Å². The zero-order valence-corrected chi connectivity index (χ0v) is 35.2. The van der Waals surface area contributed by atoms with Gasteiger partial charge in [-0.3, -0.25) is 0 Å². The molecule has 13 rings (SSSR count). The summed E-state index contributed by atoms with van der Waals surface area (Å²) in [6.45, 7) is 0. The van der Waals surface area contributed by atoms with Gasteiger partial charge in [0.05, 0.1) is 16.7 Å². The standard InChI is InChI=1S/C61H38N4/c1-3-17-41(18-4-1)52-37-55(61-63-59(43-22-5-2-6-23-43)62-60(64-61)51-32-16-27-40-20-10-13-29-47(40)51)53(49-31-15-26-39-19-9-12-28-46(39)49)38-57(52)65-56-36-45-25-8-7-24-44(45)35-54(56)50-34-33-42-21-11-14-30-48(42)58(50)65/h1-38H. The first-order chi connectivity index (χ1) is 32.2. The third-order valence-corrected chi connectivity index (χ3v) is 13.0. The first-order valence-electron chi connectivity index (χ1n) is 22.1. The molecule has 0 N–H and O–H groups in total. The van der Waals surface area contributed by atoms with Crippen LogP contribution in [0, 0.1) is 0 Å². The lowest BCUT2D eigenvalue weighted by atomic mass is 9.90. The van der Waals surface area contributed by atoms with Crippen LogP contribution in [0.1, 0.15) is 0 Å². The number of fused-ring (bicyclic) bond motifs is 8. The molecule has 0 aliphatic rings. The Morgan fingerprint density at radius 2 is 0.769 bits per heavy atom. The van der Waals surface area contributed by atoms with Crippen LogP contribution in [-0.4, -0.2) is 19.5 Å². The van der Waals surface area contributed by atoms with E-state index in [-0.39, 0.29) is 0 Å². The lowest BCUT2D eigenvalue weighted by Gasteiger charge is -2.21. The highest BCUT2D eigenvalue weighted by Crippen LogP contribution is 2.46. The van der Waals surface area contributed by atoms with Crippen LogP contribution < -0.4 is 0 Å². The summed E-state index contributed by atoms with van der Waals surface area (Å²) in [6, 6.07) is 82.6. The lowest BCUT2D eigenvalue weighted by molar-refractivity contribution is 1.08. The first kappa shape index (κ1) is 36.9. The van der Waals surface area contributed by atoms with E-state index in [9.17, 15) is 0 Å². The molecule has 11 aromatic carbocycles. The van der Waals surface area contributed by atoms with Crippen molar-refractivity contribution in [3.05, 3.63) is 231 Å². The van der Waals surface area contributed by atoms with Crippen molar-refractivity contribution in [1.29, 1.82) is 0 Å². The van der Waals surface area contributed by atoms with E-state index in [1.165, 1.54) is 37.8 Å². The molecule has 13 aromatic rings. The lowest BCUT2D eigenvalue weighted by Crippen LogP contribution is -2.04. The molecule has 4 nitrogen and oxygen atoms in total. The number of aromatic nitrogens is 4. The van der Waals surface area contributed by atoms with Crippen molar-refractivity contribution in [1.82, 2.24) is 19.5 Å². The number of benzene rings is 11. The van der Waals surface area contributed by atoms with Gasteiger partial charge in [0.1, 0.15) is 0 Å². The molecule has 302 valence electrons. The van der Waals surface area contributed by atoms with Crippen LogP contribution in [0.15, 0.2) is 231 Å². The molecule has 0 aliphatic carbocycles. The molecule has 4 heteroatoms. The van der Waals surface area contributed by atoms with Crippen molar-refractivity contribution in [2.24, 2.45) is 0 Å². The topological polar surface area (TPSA) is 43.6 Å².